The number of thiophene rings is 1. The number of aromatic amines is 1. The van der Waals surface area contributed by atoms with E-state index >= 15 is 0 Å². The quantitative estimate of drug-likeness (QED) is 0.891. The Morgan fingerprint density at radius 1 is 1.57 bits per heavy atom. The van der Waals surface area contributed by atoms with Gasteiger partial charge in [-0.1, -0.05) is 0 Å². The van der Waals surface area contributed by atoms with Crippen LogP contribution in [0.25, 0.3) is 10.2 Å². The first kappa shape index (κ1) is 14.2. The summed E-state index contributed by atoms with van der Waals surface area (Å²) in [6, 6.07) is 0.209. The number of hydrogen-bond acceptors (Lipinski definition) is 5. The van der Waals surface area contributed by atoms with Crippen LogP contribution in [-0.2, 0) is 0 Å². The first-order chi connectivity index (χ1) is 10.1. The van der Waals surface area contributed by atoms with E-state index in [1.807, 2.05) is 0 Å². The lowest BCUT2D eigenvalue weighted by Gasteiger charge is -2.37. The Labute approximate surface area is 125 Å². The summed E-state index contributed by atoms with van der Waals surface area (Å²) < 4.78 is 0. The highest BCUT2D eigenvalue weighted by Crippen LogP contribution is 2.31. The minimum Gasteiger partial charge on any atom is -0.395 e. The van der Waals surface area contributed by atoms with E-state index in [2.05, 4.69) is 9.97 Å². The summed E-state index contributed by atoms with van der Waals surface area (Å²) in [5.41, 5.74) is 0.460. The van der Waals surface area contributed by atoms with Gasteiger partial charge in [-0.25, -0.2) is 4.98 Å². The summed E-state index contributed by atoms with van der Waals surface area (Å²) in [6.07, 6.45) is 4.43. The number of nitrogens with one attached hydrogen (secondary N) is 1. The maximum atomic E-state index is 12.8. The number of rotatable bonds is 4. The molecule has 0 spiro atoms. The Bertz CT molecular complexity index is 733. The van der Waals surface area contributed by atoms with Crippen molar-refractivity contribution >= 4 is 27.5 Å². The third-order valence-electron chi connectivity index (χ3n) is 4.04. The molecule has 0 aliphatic heterocycles. The highest BCUT2D eigenvalue weighted by molar-refractivity contribution is 7.20. The molecule has 3 rings (SSSR count). The molecule has 6 nitrogen and oxygen atoms in total. The number of fused-ring (bicyclic) bond motifs is 1. The average molecular weight is 307 g/mol. The minimum atomic E-state index is -0.217. The van der Waals surface area contributed by atoms with Gasteiger partial charge in [-0.05, 0) is 31.7 Å². The number of aliphatic hydroxyl groups excluding tert-OH is 1. The van der Waals surface area contributed by atoms with Crippen LogP contribution in [0.2, 0.25) is 0 Å². The van der Waals surface area contributed by atoms with Crippen molar-refractivity contribution in [2.24, 2.45) is 0 Å². The first-order valence-electron chi connectivity index (χ1n) is 7.02. The molecule has 2 aromatic heterocycles. The number of aryl methyl sites for hydroxylation is 1. The Balaban J connectivity index is 2.02. The average Bonchev–Trinajstić information content (AvgIpc) is 2.74. The summed E-state index contributed by atoms with van der Waals surface area (Å²) in [4.78, 5) is 34.2. The van der Waals surface area contributed by atoms with Gasteiger partial charge in [-0.15, -0.1) is 11.3 Å². The van der Waals surface area contributed by atoms with Crippen LogP contribution >= 0.6 is 11.3 Å². The summed E-state index contributed by atoms with van der Waals surface area (Å²) in [5, 5.41) is 9.69. The molecule has 0 radical (unpaired) electrons. The van der Waals surface area contributed by atoms with Gasteiger partial charge in [0.15, 0.2) is 0 Å². The van der Waals surface area contributed by atoms with Crippen LogP contribution in [0.4, 0.5) is 0 Å². The van der Waals surface area contributed by atoms with Crippen LogP contribution in [0, 0.1) is 6.92 Å². The zero-order valence-electron chi connectivity index (χ0n) is 11.8. The molecule has 21 heavy (non-hydrogen) atoms. The number of carbonyl (C=O) groups excluding carboxylic acids is 1. The highest BCUT2D eigenvalue weighted by atomic mass is 32.1. The maximum Gasteiger partial charge on any atom is 0.264 e. The van der Waals surface area contributed by atoms with Crippen molar-refractivity contribution in [1.29, 1.82) is 0 Å². The predicted molar refractivity (Wildman–Crippen MR) is 80.7 cm³/mol. The SMILES string of the molecule is Cc1c(C(=O)N(CCO)C2CCC2)sc2nc[nH]c(=O)c12. The molecule has 0 unspecified atom stereocenters. The number of carbonyl (C=O) groups is 1. The Morgan fingerprint density at radius 3 is 2.90 bits per heavy atom. The molecule has 2 N–H and O–H groups in total. The van der Waals surface area contributed by atoms with Crippen molar-refractivity contribution in [3.05, 3.63) is 27.1 Å². The van der Waals surface area contributed by atoms with Crippen molar-refractivity contribution < 1.29 is 9.90 Å². The molecule has 1 aliphatic carbocycles. The van der Waals surface area contributed by atoms with Crippen LogP contribution in [0.1, 0.15) is 34.5 Å². The molecular weight excluding hydrogens is 290 g/mol. The molecule has 1 fully saturated rings. The van der Waals surface area contributed by atoms with E-state index in [4.69, 9.17) is 0 Å². The van der Waals surface area contributed by atoms with Gasteiger partial charge in [0.25, 0.3) is 11.5 Å². The second-order valence-electron chi connectivity index (χ2n) is 5.27. The van der Waals surface area contributed by atoms with Gasteiger partial charge >= 0.3 is 0 Å². The van der Waals surface area contributed by atoms with Crippen LogP contribution < -0.4 is 5.56 Å². The molecule has 0 saturated heterocycles. The van der Waals surface area contributed by atoms with Gasteiger partial charge in [-0.2, -0.15) is 0 Å². The lowest BCUT2D eigenvalue weighted by atomic mass is 9.91. The van der Waals surface area contributed by atoms with Crippen molar-refractivity contribution in [2.45, 2.75) is 32.2 Å². The Hall–Kier alpha value is -1.73. The molecule has 7 heteroatoms. The van der Waals surface area contributed by atoms with E-state index in [9.17, 15) is 14.7 Å². The van der Waals surface area contributed by atoms with Crippen LogP contribution in [-0.4, -0.2) is 45.1 Å². The molecule has 112 valence electrons. The third kappa shape index (κ3) is 2.36. The largest absolute Gasteiger partial charge is 0.395 e. The lowest BCUT2D eigenvalue weighted by molar-refractivity contribution is 0.0530. The second-order valence-corrected chi connectivity index (χ2v) is 6.27. The van der Waals surface area contributed by atoms with Crippen LogP contribution in [0.15, 0.2) is 11.1 Å². The Kier molecular flexibility index (Phi) is 3.77. The topological polar surface area (TPSA) is 86.3 Å². The van der Waals surface area contributed by atoms with E-state index in [0.717, 1.165) is 19.3 Å². The van der Waals surface area contributed by atoms with E-state index < -0.39 is 0 Å². The number of hydrogen-bond donors (Lipinski definition) is 2. The normalized spacial score (nSPS) is 15.1. The molecule has 0 bridgehead atoms. The van der Waals surface area contributed by atoms with Gasteiger partial charge in [0.05, 0.1) is 23.2 Å². The molecule has 1 amide bonds. The van der Waals surface area contributed by atoms with E-state index in [1.165, 1.54) is 17.7 Å². The summed E-state index contributed by atoms with van der Waals surface area (Å²) in [7, 11) is 0. The standard InChI is InChI=1S/C14H17N3O3S/c1-8-10-12(19)15-7-16-13(10)21-11(8)14(20)17(5-6-18)9-3-2-4-9/h7,9,18H,2-6H2,1H3,(H,15,16,19). The van der Waals surface area contributed by atoms with Gasteiger partial charge in [0.2, 0.25) is 0 Å². The smallest absolute Gasteiger partial charge is 0.264 e. The van der Waals surface area contributed by atoms with Crippen LogP contribution in [0.3, 0.4) is 0 Å². The summed E-state index contributed by atoms with van der Waals surface area (Å²) in [6.45, 7) is 2.06. The zero-order valence-corrected chi connectivity index (χ0v) is 12.6. The summed E-state index contributed by atoms with van der Waals surface area (Å²) in [5.74, 6) is -0.103. The van der Waals surface area contributed by atoms with Crippen molar-refractivity contribution in [3.63, 3.8) is 0 Å². The third-order valence-corrected chi connectivity index (χ3v) is 5.23. The second kappa shape index (κ2) is 5.57. The molecule has 2 heterocycles. The number of amides is 1. The molecular formula is C14H17N3O3S. The fourth-order valence-corrected chi connectivity index (χ4v) is 3.78. The van der Waals surface area contributed by atoms with Crippen molar-refractivity contribution in [2.75, 3.05) is 13.2 Å². The van der Waals surface area contributed by atoms with Crippen molar-refractivity contribution in [1.82, 2.24) is 14.9 Å². The fraction of sp³-hybridized carbons (Fsp3) is 0.500. The van der Waals surface area contributed by atoms with Crippen LogP contribution in [0.5, 0.6) is 0 Å². The Morgan fingerprint density at radius 2 is 2.33 bits per heavy atom. The van der Waals surface area contributed by atoms with Gasteiger partial charge < -0.3 is 15.0 Å². The lowest BCUT2D eigenvalue weighted by Crippen LogP contribution is -2.45. The number of H-pyrrole nitrogens is 1. The van der Waals surface area contributed by atoms with E-state index in [0.29, 0.717) is 27.2 Å². The minimum absolute atomic E-state index is 0.0506. The fourth-order valence-electron chi connectivity index (χ4n) is 2.67. The predicted octanol–water partition coefficient (Wildman–Crippen LogP) is 1.28. The van der Waals surface area contributed by atoms with E-state index in [1.54, 1.807) is 11.8 Å². The number of aromatic nitrogens is 2. The molecule has 0 aromatic carbocycles. The molecule has 0 atom stereocenters. The van der Waals surface area contributed by atoms with Gasteiger partial charge in [0, 0.05) is 12.6 Å². The van der Waals surface area contributed by atoms with Gasteiger partial charge in [0.1, 0.15) is 4.83 Å². The zero-order chi connectivity index (χ0) is 15.0. The maximum absolute atomic E-state index is 12.8. The molecule has 2 aromatic rings. The number of nitrogens with zero attached hydrogens (tertiary/aromatic N) is 2. The van der Waals surface area contributed by atoms with E-state index in [-0.39, 0.29) is 24.1 Å². The monoisotopic (exact) mass is 307 g/mol. The number of aliphatic hydroxyl groups is 1. The van der Waals surface area contributed by atoms with Crippen molar-refractivity contribution in [3.8, 4) is 0 Å². The molecule has 1 saturated carbocycles. The summed E-state index contributed by atoms with van der Waals surface area (Å²) >= 11 is 1.25. The molecule has 1 aliphatic rings. The highest BCUT2D eigenvalue weighted by Gasteiger charge is 2.31. The first-order valence-corrected chi connectivity index (χ1v) is 7.83. The van der Waals surface area contributed by atoms with Gasteiger partial charge in [-0.3, -0.25) is 9.59 Å².